The highest BCUT2D eigenvalue weighted by atomic mass is 32.1. The molecule has 0 spiro atoms. The van der Waals surface area contributed by atoms with E-state index in [0.717, 1.165) is 11.3 Å². The van der Waals surface area contributed by atoms with Crippen LogP contribution in [0, 0.1) is 0 Å². The first-order valence-electron chi connectivity index (χ1n) is 6.00. The molecule has 2 rings (SSSR count). The predicted molar refractivity (Wildman–Crippen MR) is 81.5 cm³/mol. The summed E-state index contributed by atoms with van der Waals surface area (Å²) in [6.45, 7) is 1.46. The molecule has 7 heteroatoms. The minimum atomic E-state index is -0.786. The Morgan fingerprint density at radius 3 is 2.33 bits per heavy atom. The molecule has 108 valence electrons. The minimum Gasteiger partial charge on any atom is -0.366 e. The number of Topliss-reactive ketones (excluding diaryl/α,β-unsaturated/α-hetero) is 1. The molecule has 0 saturated carbocycles. The molecular formula is C14H13N3O3S. The van der Waals surface area contributed by atoms with E-state index < -0.39 is 11.9 Å². The van der Waals surface area contributed by atoms with Crippen LogP contribution < -0.4 is 16.8 Å². The van der Waals surface area contributed by atoms with Crippen LogP contribution >= 0.6 is 11.3 Å². The Morgan fingerprint density at radius 1 is 1.10 bits per heavy atom. The Balaban J connectivity index is 2.58. The molecule has 0 atom stereocenters. The number of amides is 3. The quantitative estimate of drug-likeness (QED) is 0.752. The van der Waals surface area contributed by atoms with Gasteiger partial charge in [0, 0.05) is 16.0 Å². The van der Waals surface area contributed by atoms with Crippen molar-refractivity contribution < 1.29 is 14.4 Å². The number of nitrogens with one attached hydrogen (secondary N) is 1. The molecule has 3 amide bonds. The van der Waals surface area contributed by atoms with Crippen molar-refractivity contribution in [2.75, 3.05) is 5.32 Å². The first-order valence-corrected chi connectivity index (χ1v) is 6.82. The van der Waals surface area contributed by atoms with Gasteiger partial charge >= 0.3 is 6.03 Å². The van der Waals surface area contributed by atoms with Gasteiger partial charge in [-0.05, 0) is 13.0 Å². The summed E-state index contributed by atoms with van der Waals surface area (Å²) in [6.07, 6.45) is 0. The highest BCUT2D eigenvalue weighted by Gasteiger charge is 2.18. The van der Waals surface area contributed by atoms with Crippen LogP contribution in [0.4, 0.5) is 9.80 Å². The Morgan fingerprint density at radius 2 is 1.76 bits per heavy atom. The number of nitrogens with two attached hydrogens (primary N) is 2. The zero-order valence-corrected chi connectivity index (χ0v) is 12.0. The first-order chi connectivity index (χ1) is 9.90. The van der Waals surface area contributed by atoms with Crippen LogP contribution in [0.3, 0.4) is 0 Å². The maximum Gasteiger partial charge on any atom is 0.317 e. The molecule has 5 N–H and O–H groups in total. The van der Waals surface area contributed by atoms with E-state index in [2.05, 4.69) is 5.32 Å². The number of hydrogen-bond acceptors (Lipinski definition) is 4. The van der Waals surface area contributed by atoms with Crippen molar-refractivity contribution in [2.45, 2.75) is 6.92 Å². The number of rotatable bonds is 4. The van der Waals surface area contributed by atoms with E-state index in [0.29, 0.717) is 16.0 Å². The van der Waals surface area contributed by atoms with Gasteiger partial charge in [-0.2, -0.15) is 0 Å². The predicted octanol–water partition coefficient (Wildman–Crippen LogP) is 2.21. The molecular weight excluding hydrogens is 290 g/mol. The summed E-state index contributed by atoms with van der Waals surface area (Å²) in [5.74, 6) is -0.773. The Kier molecular flexibility index (Phi) is 4.04. The topological polar surface area (TPSA) is 115 Å². The lowest BCUT2D eigenvalue weighted by Gasteiger charge is -2.03. The largest absolute Gasteiger partial charge is 0.366 e. The number of benzene rings is 1. The number of primary amides is 2. The second-order valence-corrected chi connectivity index (χ2v) is 5.36. The molecule has 0 bridgehead atoms. The lowest BCUT2D eigenvalue weighted by molar-refractivity contribution is 0.0997. The summed E-state index contributed by atoms with van der Waals surface area (Å²) in [5, 5.41) is 2.63. The van der Waals surface area contributed by atoms with Gasteiger partial charge in [-0.15, -0.1) is 11.3 Å². The standard InChI is InChI=1S/C14H13N3O3S/c1-7(18)8-4-2-3-5-9(8)11-6-10(12(15)19)13(21-11)17-14(16)20/h2-6H,1H3,(H2,15,19)(H3,16,17,20). The molecule has 0 fully saturated rings. The third-order valence-electron chi connectivity index (χ3n) is 2.81. The smallest absolute Gasteiger partial charge is 0.317 e. The molecule has 0 aliphatic rings. The highest BCUT2D eigenvalue weighted by molar-refractivity contribution is 7.20. The number of thiophene rings is 1. The van der Waals surface area contributed by atoms with Crippen molar-refractivity contribution in [3.8, 4) is 10.4 Å². The Hall–Kier alpha value is -2.67. The van der Waals surface area contributed by atoms with Crippen molar-refractivity contribution >= 4 is 34.1 Å². The molecule has 2 aromatic rings. The average Bonchev–Trinajstić information content (AvgIpc) is 2.81. The fourth-order valence-electron chi connectivity index (χ4n) is 1.92. The number of hydrogen-bond donors (Lipinski definition) is 3. The third-order valence-corrected chi connectivity index (χ3v) is 3.89. The van der Waals surface area contributed by atoms with Gasteiger partial charge in [-0.1, -0.05) is 24.3 Å². The van der Waals surface area contributed by atoms with E-state index in [9.17, 15) is 14.4 Å². The molecule has 0 radical (unpaired) electrons. The summed E-state index contributed by atoms with van der Waals surface area (Å²) >= 11 is 1.14. The van der Waals surface area contributed by atoms with Gasteiger partial charge in [-0.25, -0.2) is 4.79 Å². The summed E-state index contributed by atoms with van der Waals surface area (Å²) in [6, 6.07) is 7.76. The normalized spacial score (nSPS) is 10.1. The van der Waals surface area contributed by atoms with Gasteiger partial charge in [0.15, 0.2) is 5.78 Å². The van der Waals surface area contributed by atoms with E-state index in [4.69, 9.17) is 11.5 Å². The SMILES string of the molecule is CC(=O)c1ccccc1-c1cc(C(N)=O)c(NC(N)=O)s1. The van der Waals surface area contributed by atoms with E-state index in [1.807, 2.05) is 0 Å². The Bertz CT molecular complexity index is 737. The number of carbonyl (C=O) groups excluding carboxylic acids is 3. The summed E-state index contributed by atoms with van der Waals surface area (Å²) in [7, 11) is 0. The fraction of sp³-hybridized carbons (Fsp3) is 0.0714. The van der Waals surface area contributed by atoms with E-state index in [1.54, 1.807) is 30.3 Å². The number of anilines is 1. The molecule has 21 heavy (non-hydrogen) atoms. The number of urea groups is 1. The van der Waals surface area contributed by atoms with Crippen molar-refractivity contribution in [2.24, 2.45) is 11.5 Å². The van der Waals surface area contributed by atoms with E-state index in [-0.39, 0.29) is 16.3 Å². The molecule has 1 aromatic carbocycles. The zero-order chi connectivity index (χ0) is 15.6. The summed E-state index contributed by atoms with van der Waals surface area (Å²) in [4.78, 5) is 34.7. The van der Waals surface area contributed by atoms with Gasteiger partial charge in [0.25, 0.3) is 5.91 Å². The maximum absolute atomic E-state index is 11.7. The van der Waals surface area contributed by atoms with E-state index >= 15 is 0 Å². The number of ketones is 1. The fourth-order valence-corrected chi connectivity index (χ4v) is 3.02. The van der Waals surface area contributed by atoms with Crippen molar-refractivity contribution in [3.05, 3.63) is 41.5 Å². The number of carbonyl (C=O) groups is 3. The summed E-state index contributed by atoms with van der Waals surface area (Å²) in [5.41, 5.74) is 11.7. The highest BCUT2D eigenvalue weighted by Crippen LogP contribution is 2.36. The monoisotopic (exact) mass is 303 g/mol. The molecule has 0 aliphatic heterocycles. The van der Waals surface area contributed by atoms with Gasteiger partial charge in [0.1, 0.15) is 5.00 Å². The van der Waals surface area contributed by atoms with Crippen LogP contribution in [0.15, 0.2) is 30.3 Å². The summed E-state index contributed by atoms with van der Waals surface area (Å²) < 4.78 is 0. The third kappa shape index (κ3) is 3.09. The van der Waals surface area contributed by atoms with Gasteiger partial charge in [0.05, 0.1) is 5.56 Å². The van der Waals surface area contributed by atoms with Gasteiger partial charge in [0.2, 0.25) is 0 Å². The molecule has 0 saturated heterocycles. The van der Waals surface area contributed by atoms with Crippen molar-refractivity contribution in [1.82, 2.24) is 0 Å². The second-order valence-electron chi connectivity index (χ2n) is 4.31. The van der Waals surface area contributed by atoms with Crippen molar-refractivity contribution in [1.29, 1.82) is 0 Å². The van der Waals surface area contributed by atoms with Crippen LogP contribution in [0.1, 0.15) is 27.6 Å². The lowest BCUT2D eigenvalue weighted by atomic mass is 10.0. The average molecular weight is 303 g/mol. The first kappa shape index (κ1) is 14.7. The van der Waals surface area contributed by atoms with Gasteiger partial charge < -0.3 is 11.5 Å². The van der Waals surface area contributed by atoms with Gasteiger partial charge in [-0.3, -0.25) is 14.9 Å². The van der Waals surface area contributed by atoms with Crippen LogP contribution in [0.25, 0.3) is 10.4 Å². The van der Waals surface area contributed by atoms with Crippen LogP contribution in [-0.4, -0.2) is 17.7 Å². The minimum absolute atomic E-state index is 0.0935. The Labute approximate surface area is 124 Å². The molecule has 6 nitrogen and oxygen atoms in total. The van der Waals surface area contributed by atoms with Crippen molar-refractivity contribution in [3.63, 3.8) is 0 Å². The zero-order valence-electron chi connectivity index (χ0n) is 11.2. The molecule has 1 heterocycles. The lowest BCUT2D eigenvalue weighted by Crippen LogP contribution is -2.21. The van der Waals surface area contributed by atoms with Crippen LogP contribution in [0.2, 0.25) is 0 Å². The molecule has 0 unspecified atom stereocenters. The van der Waals surface area contributed by atoms with E-state index in [1.165, 1.54) is 6.92 Å². The molecule has 1 aromatic heterocycles. The molecule has 0 aliphatic carbocycles. The second kappa shape index (κ2) is 5.76. The van der Waals surface area contributed by atoms with Crippen LogP contribution in [-0.2, 0) is 0 Å². The van der Waals surface area contributed by atoms with Crippen LogP contribution in [0.5, 0.6) is 0 Å². The maximum atomic E-state index is 11.7.